The van der Waals surface area contributed by atoms with Gasteiger partial charge in [-0.15, -0.1) is 11.3 Å². The summed E-state index contributed by atoms with van der Waals surface area (Å²) in [6, 6.07) is 3.73. The summed E-state index contributed by atoms with van der Waals surface area (Å²) in [6.45, 7) is 6.21. The van der Waals surface area contributed by atoms with E-state index in [-0.39, 0.29) is 17.7 Å². The van der Waals surface area contributed by atoms with Crippen LogP contribution in [-0.2, 0) is 9.53 Å². The molecule has 3 rings (SSSR count). The number of hydrogen-bond donors (Lipinski definition) is 1. The van der Waals surface area contributed by atoms with Crippen molar-refractivity contribution in [2.75, 3.05) is 52.5 Å². The van der Waals surface area contributed by atoms with Crippen molar-refractivity contribution in [3.63, 3.8) is 0 Å². The molecule has 132 valence electrons. The molecule has 2 fully saturated rings. The van der Waals surface area contributed by atoms with E-state index < -0.39 is 0 Å². The number of amides is 2. The molecule has 2 saturated heterocycles. The Bertz CT molecular complexity index is 543. The quantitative estimate of drug-likeness (QED) is 0.861. The summed E-state index contributed by atoms with van der Waals surface area (Å²) in [6.07, 6.45) is 1.75. The van der Waals surface area contributed by atoms with Crippen LogP contribution in [-0.4, -0.2) is 74.1 Å². The standard InChI is InChI=1S/C17H25N3O3S/c21-16(18-5-7-19-8-10-23-11-9-19)14-3-1-6-20(13-14)17(22)15-4-2-12-24-15/h2,4,12,14H,1,3,5-11,13H2,(H,18,21)/t14-/m1/s1. The van der Waals surface area contributed by atoms with Gasteiger partial charge in [0, 0.05) is 39.3 Å². The van der Waals surface area contributed by atoms with Gasteiger partial charge in [-0.1, -0.05) is 6.07 Å². The van der Waals surface area contributed by atoms with E-state index >= 15 is 0 Å². The predicted octanol–water partition coefficient (Wildman–Crippen LogP) is 1.05. The largest absolute Gasteiger partial charge is 0.379 e. The second-order valence-electron chi connectivity index (χ2n) is 6.31. The smallest absolute Gasteiger partial charge is 0.263 e. The lowest BCUT2D eigenvalue weighted by atomic mass is 9.97. The first kappa shape index (κ1) is 17.4. The minimum absolute atomic E-state index is 0.0517. The van der Waals surface area contributed by atoms with Crippen molar-refractivity contribution >= 4 is 23.2 Å². The molecule has 2 amide bonds. The van der Waals surface area contributed by atoms with Crippen LogP contribution in [0.15, 0.2) is 17.5 Å². The van der Waals surface area contributed by atoms with E-state index in [1.165, 1.54) is 11.3 Å². The SMILES string of the molecule is O=C(NCCN1CCOCC1)[C@@H]1CCCN(C(=O)c2cccs2)C1. The van der Waals surface area contributed by atoms with Crippen LogP contribution in [0.5, 0.6) is 0 Å². The number of thiophene rings is 1. The van der Waals surface area contributed by atoms with Crippen molar-refractivity contribution in [1.82, 2.24) is 15.1 Å². The summed E-state index contributed by atoms with van der Waals surface area (Å²) in [5, 5.41) is 4.95. The van der Waals surface area contributed by atoms with E-state index in [0.29, 0.717) is 13.1 Å². The van der Waals surface area contributed by atoms with Crippen LogP contribution in [0.1, 0.15) is 22.5 Å². The summed E-state index contributed by atoms with van der Waals surface area (Å²) in [5.74, 6) is 0.0371. The molecule has 0 aromatic carbocycles. The van der Waals surface area contributed by atoms with Crippen LogP contribution >= 0.6 is 11.3 Å². The molecule has 1 atom stereocenters. The van der Waals surface area contributed by atoms with Crippen LogP contribution in [0.25, 0.3) is 0 Å². The Hall–Kier alpha value is -1.44. The first-order valence-electron chi connectivity index (χ1n) is 8.64. The van der Waals surface area contributed by atoms with Crippen LogP contribution in [0.4, 0.5) is 0 Å². The van der Waals surface area contributed by atoms with Crippen LogP contribution < -0.4 is 5.32 Å². The highest BCUT2D eigenvalue weighted by atomic mass is 32.1. The molecule has 24 heavy (non-hydrogen) atoms. The molecule has 0 spiro atoms. The maximum Gasteiger partial charge on any atom is 0.263 e. The normalized spacial score (nSPS) is 22.3. The Morgan fingerprint density at radius 1 is 1.29 bits per heavy atom. The first-order valence-corrected chi connectivity index (χ1v) is 9.52. The fourth-order valence-corrected chi connectivity index (χ4v) is 3.93. The van der Waals surface area contributed by atoms with Crippen molar-refractivity contribution in [3.8, 4) is 0 Å². The molecule has 3 heterocycles. The van der Waals surface area contributed by atoms with Gasteiger partial charge in [0.1, 0.15) is 0 Å². The molecule has 0 saturated carbocycles. The van der Waals surface area contributed by atoms with E-state index in [1.54, 1.807) is 0 Å². The van der Waals surface area contributed by atoms with E-state index in [0.717, 1.165) is 57.1 Å². The molecule has 7 heteroatoms. The third-order valence-electron chi connectivity index (χ3n) is 4.64. The number of carbonyl (C=O) groups excluding carboxylic acids is 2. The maximum absolute atomic E-state index is 12.4. The van der Waals surface area contributed by atoms with Crippen molar-refractivity contribution in [1.29, 1.82) is 0 Å². The maximum atomic E-state index is 12.4. The van der Waals surface area contributed by atoms with Crippen molar-refractivity contribution < 1.29 is 14.3 Å². The molecule has 2 aliphatic heterocycles. The van der Waals surface area contributed by atoms with Gasteiger partial charge in [-0.2, -0.15) is 0 Å². The monoisotopic (exact) mass is 351 g/mol. The Morgan fingerprint density at radius 3 is 2.88 bits per heavy atom. The zero-order valence-corrected chi connectivity index (χ0v) is 14.7. The van der Waals surface area contributed by atoms with Crippen molar-refractivity contribution in [2.24, 2.45) is 5.92 Å². The van der Waals surface area contributed by atoms with Gasteiger partial charge in [0.15, 0.2) is 0 Å². The number of piperidine rings is 1. The fourth-order valence-electron chi connectivity index (χ4n) is 3.24. The summed E-state index contributed by atoms with van der Waals surface area (Å²) in [5.41, 5.74) is 0. The van der Waals surface area contributed by atoms with Gasteiger partial charge in [-0.05, 0) is 24.3 Å². The number of morpholine rings is 1. The average Bonchev–Trinajstić information content (AvgIpc) is 3.16. The first-order chi connectivity index (χ1) is 11.7. The number of hydrogen-bond acceptors (Lipinski definition) is 5. The lowest BCUT2D eigenvalue weighted by molar-refractivity contribution is -0.126. The fraction of sp³-hybridized carbons (Fsp3) is 0.647. The van der Waals surface area contributed by atoms with E-state index in [4.69, 9.17) is 4.74 Å². The average molecular weight is 351 g/mol. The van der Waals surface area contributed by atoms with E-state index in [2.05, 4.69) is 10.2 Å². The summed E-state index contributed by atoms with van der Waals surface area (Å²) in [7, 11) is 0. The molecule has 0 aliphatic carbocycles. The molecule has 1 aromatic heterocycles. The van der Waals surface area contributed by atoms with E-state index in [9.17, 15) is 9.59 Å². The third kappa shape index (κ3) is 4.55. The second-order valence-corrected chi connectivity index (χ2v) is 7.26. The number of ether oxygens (including phenoxy) is 1. The summed E-state index contributed by atoms with van der Waals surface area (Å²) < 4.78 is 5.32. The number of rotatable bonds is 5. The van der Waals surface area contributed by atoms with Gasteiger partial charge < -0.3 is 15.0 Å². The zero-order valence-electron chi connectivity index (χ0n) is 13.9. The number of nitrogens with one attached hydrogen (secondary N) is 1. The van der Waals surface area contributed by atoms with Gasteiger partial charge in [0.2, 0.25) is 5.91 Å². The lowest BCUT2D eigenvalue weighted by Gasteiger charge is -2.32. The van der Waals surface area contributed by atoms with Crippen LogP contribution in [0.2, 0.25) is 0 Å². The van der Waals surface area contributed by atoms with Crippen LogP contribution in [0, 0.1) is 5.92 Å². The molecule has 0 bridgehead atoms. The molecule has 1 aromatic rings. The zero-order chi connectivity index (χ0) is 16.8. The predicted molar refractivity (Wildman–Crippen MR) is 93.2 cm³/mol. The summed E-state index contributed by atoms with van der Waals surface area (Å²) >= 11 is 1.46. The van der Waals surface area contributed by atoms with Gasteiger partial charge in [-0.3, -0.25) is 14.5 Å². The van der Waals surface area contributed by atoms with Gasteiger partial charge >= 0.3 is 0 Å². The highest BCUT2D eigenvalue weighted by molar-refractivity contribution is 7.12. The molecule has 2 aliphatic rings. The Kier molecular flexibility index (Phi) is 6.23. The van der Waals surface area contributed by atoms with Gasteiger partial charge in [0.25, 0.3) is 5.91 Å². The van der Waals surface area contributed by atoms with Crippen molar-refractivity contribution in [2.45, 2.75) is 12.8 Å². The molecular weight excluding hydrogens is 326 g/mol. The van der Waals surface area contributed by atoms with Crippen LogP contribution in [0.3, 0.4) is 0 Å². The van der Waals surface area contributed by atoms with Gasteiger partial charge in [-0.25, -0.2) is 0 Å². The Balaban J connectivity index is 1.43. The Morgan fingerprint density at radius 2 is 2.12 bits per heavy atom. The molecule has 6 nitrogen and oxygen atoms in total. The number of nitrogens with zero attached hydrogens (tertiary/aromatic N) is 2. The lowest BCUT2D eigenvalue weighted by Crippen LogP contribution is -2.47. The Labute approximate surface area is 146 Å². The molecule has 1 N–H and O–H groups in total. The molecular formula is C17H25N3O3S. The minimum Gasteiger partial charge on any atom is -0.379 e. The number of likely N-dealkylation sites (tertiary alicyclic amines) is 1. The van der Waals surface area contributed by atoms with Gasteiger partial charge in [0.05, 0.1) is 24.0 Å². The third-order valence-corrected chi connectivity index (χ3v) is 5.50. The highest BCUT2D eigenvalue weighted by Gasteiger charge is 2.29. The summed E-state index contributed by atoms with van der Waals surface area (Å²) in [4.78, 5) is 29.7. The topological polar surface area (TPSA) is 61.9 Å². The molecule has 0 unspecified atom stereocenters. The minimum atomic E-state index is -0.0904. The highest BCUT2D eigenvalue weighted by Crippen LogP contribution is 2.20. The molecule has 0 radical (unpaired) electrons. The number of carbonyl (C=O) groups is 2. The second kappa shape index (κ2) is 8.60. The van der Waals surface area contributed by atoms with Crippen molar-refractivity contribution in [3.05, 3.63) is 22.4 Å². The van der Waals surface area contributed by atoms with E-state index in [1.807, 2.05) is 22.4 Å².